The van der Waals surface area contributed by atoms with E-state index in [1.807, 2.05) is 19.9 Å². The van der Waals surface area contributed by atoms with Gasteiger partial charge in [0.05, 0.1) is 12.2 Å². The van der Waals surface area contributed by atoms with E-state index >= 15 is 0 Å². The number of allylic oxidation sites excluding steroid dienone is 1. The molecule has 0 amide bonds. The summed E-state index contributed by atoms with van der Waals surface area (Å²) in [6, 6.07) is 0. The molecule has 0 radical (unpaired) electrons. The van der Waals surface area contributed by atoms with Gasteiger partial charge in [-0.05, 0) is 87.0 Å². The highest BCUT2D eigenvalue weighted by Gasteiger charge is 2.62. The van der Waals surface area contributed by atoms with E-state index in [9.17, 15) is 14.7 Å². The molecule has 4 aliphatic carbocycles. The van der Waals surface area contributed by atoms with E-state index in [0.29, 0.717) is 24.7 Å². The highest BCUT2D eigenvalue weighted by Crippen LogP contribution is 2.66. The van der Waals surface area contributed by atoms with E-state index in [1.54, 1.807) is 0 Å². The van der Waals surface area contributed by atoms with E-state index < -0.39 is 6.10 Å². The van der Waals surface area contributed by atoms with E-state index in [2.05, 4.69) is 13.8 Å². The molecular weight excluding hydrogens is 352 g/mol. The number of carbonyl (C=O) groups excluding carboxylic acids is 2. The fourth-order valence-corrected chi connectivity index (χ4v) is 7.57. The fraction of sp³-hybridized carbons (Fsp3) is 0.833. The molecule has 4 aliphatic rings. The van der Waals surface area contributed by atoms with Crippen molar-refractivity contribution in [1.82, 2.24) is 0 Å². The van der Waals surface area contributed by atoms with Crippen LogP contribution in [-0.4, -0.2) is 35.5 Å². The normalized spacial score (nSPS) is 45.3. The van der Waals surface area contributed by atoms with Crippen LogP contribution in [0.3, 0.4) is 0 Å². The molecule has 156 valence electrons. The molecule has 7 unspecified atom stereocenters. The van der Waals surface area contributed by atoms with Crippen LogP contribution in [0.2, 0.25) is 0 Å². The third-order valence-corrected chi connectivity index (χ3v) is 8.84. The number of aliphatic hydroxyl groups excluding tert-OH is 1. The maximum absolute atomic E-state index is 13.0. The van der Waals surface area contributed by atoms with Gasteiger partial charge in [0.2, 0.25) is 0 Å². The van der Waals surface area contributed by atoms with Crippen LogP contribution in [0.15, 0.2) is 11.6 Å². The molecule has 0 spiro atoms. The molecule has 0 saturated heterocycles. The lowest BCUT2D eigenvalue weighted by molar-refractivity contribution is -0.148. The summed E-state index contributed by atoms with van der Waals surface area (Å²) in [4.78, 5) is 24.9. The second-order valence-corrected chi connectivity index (χ2v) is 10.6. The monoisotopic (exact) mass is 388 g/mol. The third-order valence-electron chi connectivity index (χ3n) is 8.84. The lowest BCUT2D eigenvalue weighted by atomic mass is 9.46. The first-order chi connectivity index (χ1) is 13.2. The summed E-state index contributed by atoms with van der Waals surface area (Å²) in [7, 11) is 0. The molecule has 7 atom stereocenters. The number of hydrogen-bond donors (Lipinski definition) is 1. The Labute approximate surface area is 169 Å². The van der Waals surface area contributed by atoms with E-state index in [-0.39, 0.29) is 46.9 Å². The van der Waals surface area contributed by atoms with Crippen molar-refractivity contribution in [2.45, 2.75) is 84.8 Å². The molecule has 3 fully saturated rings. The largest absolute Gasteiger partial charge is 0.393 e. The lowest BCUT2D eigenvalue weighted by Crippen LogP contribution is -2.57. The van der Waals surface area contributed by atoms with Crippen molar-refractivity contribution in [3.8, 4) is 0 Å². The SMILES string of the molecule is CC(C)OCC(=O)C1CCC2C3CCC4=CC(=O)CCC4(C)C3C(O)CC12C. The zero-order chi connectivity index (χ0) is 20.3. The van der Waals surface area contributed by atoms with Crippen LogP contribution >= 0.6 is 0 Å². The average Bonchev–Trinajstić information content (AvgIpc) is 2.96. The quantitative estimate of drug-likeness (QED) is 0.787. The van der Waals surface area contributed by atoms with Crippen molar-refractivity contribution in [2.75, 3.05) is 6.61 Å². The van der Waals surface area contributed by atoms with Gasteiger partial charge in [0.25, 0.3) is 0 Å². The maximum atomic E-state index is 13.0. The Hall–Kier alpha value is -1.00. The minimum absolute atomic E-state index is 0.00419. The van der Waals surface area contributed by atoms with Crippen LogP contribution in [0, 0.1) is 34.5 Å². The van der Waals surface area contributed by atoms with Crippen molar-refractivity contribution in [3.63, 3.8) is 0 Å². The van der Waals surface area contributed by atoms with Crippen molar-refractivity contribution in [3.05, 3.63) is 11.6 Å². The second kappa shape index (κ2) is 7.05. The van der Waals surface area contributed by atoms with Gasteiger partial charge in [-0.15, -0.1) is 0 Å². The Morgan fingerprint density at radius 1 is 1.25 bits per heavy atom. The predicted molar refractivity (Wildman–Crippen MR) is 108 cm³/mol. The number of Topliss-reactive ketones (excluding diaryl/α,β-unsaturated/α-hetero) is 1. The van der Waals surface area contributed by atoms with E-state index in [0.717, 1.165) is 32.1 Å². The first kappa shape index (κ1) is 20.3. The molecule has 4 heteroatoms. The molecule has 0 heterocycles. The summed E-state index contributed by atoms with van der Waals surface area (Å²) in [5.41, 5.74) is 1.09. The van der Waals surface area contributed by atoms with Crippen LogP contribution in [0.25, 0.3) is 0 Å². The molecule has 0 aromatic carbocycles. The molecule has 4 nitrogen and oxygen atoms in total. The highest BCUT2D eigenvalue weighted by atomic mass is 16.5. The summed E-state index contributed by atoms with van der Waals surface area (Å²) >= 11 is 0. The molecule has 0 bridgehead atoms. The van der Waals surface area contributed by atoms with Gasteiger partial charge < -0.3 is 9.84 Å². The molecule has 1 N–H and O–H groups in total. The van der Waals surface area contributed by atoms with Crippen LogP contribution in [0.5, 0.6) is 0 Å². The number of ether oxygens (including phenoxy) is 1. The predicted octanol–water partition coefficient (Wildman–Crippen LogP) is 4.10. The summed E-state index contributed by atoms with van der Waals surface area (Å²) in [6.45, 7) is 8.65. The molecule has 0 aliphatic heterocycles. The highest BCUT2D eigenvalue weighted by molar-refractivity contribution is 5.91. The van der Waals surface area contributed by atoms with Gasteiger partial charge in [-0.2, -0.15) is 0 Å². The van der Waals surface area contributed by atoms with Gasteiger partial charge in [0.1, 0.15) is 6.61 Å². The number of fused-ring (bicyclic) bond motifs is 5. The van der Waals surface area contributed by atoms with Gasteiger partial charge in [-0.3, -0.25) is 9.59 Å². The maximum Gasteiger partial charge on any atom is 0.162 e. The minimum Gasteiger partial charge on any atom is -0.393 e. The molecule has 3 saturated carbocycles. The van der Waals surface area contributed by atoms with E-state index in [1.165, 1.54) is 5.57 Å². The molecule has 0 aromatic rings. The number of rotatable bonds is 4. The van der Waals surface area contributed by atoms with Gasteiger partial charge >= 0.3 is 0 Å². The Balaban J connectivity index is 1.60. The zero-order valence-electron chi connectivity index (χ0n) is 17.9. The minimum atomic E-state index is -0.396. The van der Waals surface area contributed by atoms with Gasteiger partial charge in [0.15, 0.2) is 11.6 Å². The molecule has 28 heavy (non-hydrogen) atoms. The summed E-state index contributed by atoms with van der Waals surface area (Å²) in [6.07, 6.45) is 7.73. The van der Waals surface area contributed by atoms with Gasteiger partial charge in [-0.1, -0.05) is 19.4 Å². The number of ketones is 2. The number of aliphatic hydroxyl groups is 1. The Morgan fingerprint density at radius 3 is 2.71 bits per heavy atom. The molecule has 0 aromatic heterocycles. The fourth-order valence-electron chi connectivity index (χ4n) is 7.57. The number of carbonyl (C=O) groups is 2. The standard InChI is InChI=1S/C24H36O4/c1-14(2)28-13-21(27)19-8-7-18-17-6-5-15-11-16(25)9-10-23(15,3)22(17)20(26)12-24(18,19)4/h11,14,17-20,22,26H,5-10,12-13H2,1-4H3. The zero-order valence-corrected chi connectivity index (χ0v) is 17.9. The first-order valence-corrected chi connectivity index (χ1v) is 11.2. The Morgan fingerprint density at radius 2 is 2.00 bits per heavy atom. The van der Waals surface area contributed by atoms with E-state index in [4.69, 9.17) is 4.74 Å². The smallest absolute Gasteiger partial charge is 0.162 e. The second-order valence-electron chi connectivity index (χ2n) is 10.6. The summed E-state index contributed by atoms with van der Waals surface area (Å²) in [5, 5.41) is 11.3. The van der Waals surface area contributed by atoms with Crippen LogP contribution in [-0.2, 0) is 14.3 Å². The Kier molecular flexibility index (Phi) is 5.11. The van der Waals surface area contributed by atoms with Crippen molar-refractivity contribution >= 4 is 11.6 Å². The van der Waals surface area contributed by atoms with Gasteiger partial charge in [0, 0.05) is 12.3 Å². The summed E-state index contributed by atoms with van der Waals surface area (Å²) in [5.74, 6) is 1.63. The van der Waals surface area contributed by atoms with Crippen molar-refractivity contribution < 1.29 is 19.4 Å². The van der Waals surface area contributed by atoms with Crippen LogP contribution in [0.1, 0.15) is 72.6 Å². The Bertz CT molecular complexity index is 695. The average molecular weight is 389 g/mol. The van der Waals surface area contributed by atoms with Crippen molar-refractivity contribution in [1.29, 1.82) is 0 Å². The topological polar surface area (TPSA) is 63.6 Å². The van der Waals surface area contributed by atoms with Crippen LogP contribution in [0.4, 0.5) is 0 Å². The first-order valence-electron chi connectivity index (χ1n) is 11.2. The molecule has 4 rings (SSSR count). The lowest BCUT2D eigenvalue weighted by Gasteiger charge is -2.59. The summed E-state index contributed by atoms with van der Waals surface area (Å²) < 4.78 is 5.62. The van der Waals surface area contributed by atoms with Crippen molar-refractivity contribution in [2.24, 2.45) is 34.5 Å². The number of hydrogen-bond acceptors (Lipinski definition) is 4. The molecular formula is C24H36O4. The van der Waals surface area contributed by atoms with Crippen LogP contribution < -0.4 is 0 Å². The van der Waals surface area contributed by atoms with Gasteiger partial charge in [-0.25, -0.2) is 0 Å². The third kappa shape index (κ3) is 3.02.